The number of aromatic carboxylic acids is 1. The Balaban J connectivity index is 2.02. The molecule has 0 aliphatic heterocycles. The predicted octanol–water partition coefficient (Wildman–Crippen LogP) is 2.39. The monoisotopic (exact) mass is 288 g/mol. The first-order valence-electron chi connectivity index (χ1n) is 6.11. The van der Waals surface area contributed by atoms with Crippen LogP contribution in [-0.4, -0.2) is 31.1 Å². The molecule has 102 valence electrons. The number of rotatable bonds is 4. The zero-order valence-electron chi connectivity index (χ0n) is 10.7. The van der Waals surface area contributed by atoms with Gasteiger partial charge in [0.15, 0.2) is 0 Å². The van der Waals surface area contributed by atoms with Crippen molar-refractivity contribution in [1.82, 2.24) is 20.0 Å². The van der Waals surface area contributed by atoms with Gasteiger partial charge in [-0.25, -0.2) is 14.5 Å². The van der Waals surface area contributed by atoms with Crippen molar-refractivity contribution in [1.29, 1.82) is 0 Å². The van der Waals surface area contributed by atoms with Crippen molar-refractivity contribution in [3.05, 3.63) is 40.3 Å². The Morgan fingerprint density at radius 1 is 1.50 bits per heavy atom. The van der Waals surface area contributed by atoms with Crippen LogP contribution in [0.5, 0.6) is 0 Å². The second kappa shape index (κ2) is 5.01. The third kappa shape index (κ3) is 2.16. The number of nitrogens with zero attached hydrogens (tertiary/aromatic N) is 4. The third-order valence-corrected chi connectivity index (χ3v) is 4.09. The molecule has 1 aromatic carbocycles. The van der Waals surface area contributed by atoms with Crippen LogP contribution >= 0.6 is 11.3 Å². The first-order valence-corrected chi connectivity index (χ1v) is 6.99. The van der Waals surface area contributed by atoms with E-state index >= 15 is 0 Å². The number of carbonyl (C=O) groups is 1. The summed E-state index contributed by atoms with van der Waals surface area (Å²) in [5, 5.41) is 20.3. The first kappa shape index (κ1) is 12.7. The lowest BCUT2D eigenvalue weighted by atomic mass is 10.1. The SMILES string of the molecule is CC(Cn1nnc2cccc(C(=O)O)c21)c1nccs1. The molecule has 0 fully saturated rings. The van der Waals surface area contributed by atoms with Crippen molar-refractivity contribution in [2.24, 2.45) is 0 Å². The minimum Gasteiger partial charge on any atom is -0.478 e. The molecule has 6 nitrogen and oxygen atoms in total. The van der Waals surface area contributed by atoms with Crippen molar-refractivity contribution in [3.8, 4) is 0 Å². The molecule has 1 unspecified atom stereocenters. The highest BCUT2D eigenvalue weighted by Gasteiger charge is 2.17. The van der Waals surface area contributed by atoms with Gasteiger partial charge in [-0.1, -0.05) is 18.2 Å². The molecule has 2 heterocycles. The molecule has 1 N–H and O–H groups in total. The molecule has 7 heteroatoms. The smallest absolute Gasteiger partial charge is 0.337 e. The molecule has 0 aliphatic carbocycles. The van der Waals surface area contributed by atoms with E-state index in [1.165, 1.54) is 0 Å². The van der Waals surface area contributed by atoms with Crippen molar-refractivity contribution in [2.75, 3.05) is 0 Å². The summed E-state index contributed by atoms with van der Waals surface area (Å²) in [7, 11) is 0. The van der Waals surface area contributed by atoms with E-state index in [0.29, 0.717) is 17.6 Å². The number of carboxylic acids is 1. The van der Waals surface area contributed by atoms with Crippen LogP contribution in [0.1, 0.15) is 28.2 Å². The maximum atomic E-state index is 11.3. The molecule has 0 saturated carbocycles. The molecule has 3 rings (SSSR count). The van der Waals surface area contributed by atoms with Gasteiger partial charge < -0.3 is 5.11 Å². The van der Waals surface area contributed by atoms with Crippen LogP contribution in [0.4, 0.5) is 0 Å². The number of benzene rings is 1. The third-order valence-electron chi connectivity index (χ3n) is 3.08. The molecule has 0 aliphatic rings. The molecule has 3 aromatic rings. The average molecular weight is 288 g/mol. The first-order chi connectivity index (χ1) is 9.66. The maximum Gasteiger partial charge on any atom is 0.337 e. The Morgan fingerprint density at radius 2 is 2.35 bits per heavy atom. The van der Waals surface area contributed by atoms with Crippen LogP contribution in [0, 0.1) is 0 Å². The summed E-state index contributed by atoms with van der Waals surface area (Å²) >= 11 is 1.58. The Hall–Kier alpha value is -2.28. The van der Waals surface area contributed by atoms with Crippen LogP contribution in [0.15, 0.2) is 29.8 Å². The van der Waals surface area contributed by atoms with Gasteiger partial charge in [0, 0.05) is 17.5 Å². The largest absolute Gasteiger partial charge is 0.478 e. The van der Waals surface area contributed by atoms with Gasteiger partial charge in [-0.3, -0.25) is 0 Å². The number of hydrogen-bond acceptors (Lipinski definition) is 5. The Labute approximate surface area is 118 Å². The average Bonchev–Trinajstić information content (AvgIpc) is 3.08. The summed E-state index contributed by atoms with van der Waals surface area (Å²) in [5.41, 5.74) is 1.37. The second-order valence-electron chi connectivity index (χ2n) is 4.52. The number of hydrogen-bond donors (Lipinski definition) is 1. The van der Waals surface area contributed by atoms with Crippen molar-refractivity contribution < 1.29 is 9.90 Å². The van der Waals surface area contributed by atoms with E-state index in [9.17, 15) is 9.90 Å². The molecule has 0 radical (unpaired) electrons. The fraction of sp³-hybridized carbons (Fsp3) is 0.231. The molecule has 0 saturated heterocycles. The molecule has 0 amide bonds. The summed E-state index contributed by atoms with van der Waals surface area (Å²) < 4.78 is 1.64. The van der Waals surface area contributed by atoms with E-state index in [1.807, 2.05) is 12.3 Å². The normalized spacial score (nSPS) is 12.7. The van der Waals surface area contributed by atoms with Gasteiger partial charge in [-0.05, 0) is 12.1 Å². The summed E-state index contributed by atoms with van der Waals surface area (Å²) in [6.07, 6.45) is 1.76. The molecule has 20 heavy (non-hydrogen) atoms. The number of thiazole rings is 1. The van der Waals surface area contributed by atoms with Crippen LogP contribution < -0.4 is 0 Å². The minimum absolute atomic E-state index is 0.154. The van der Waals surface area contributed by atoms with E-state index in [0.717, 1.165) is 5.01 Å². The van der Waals surface area contributed by atoms with Gasteiger partial charge >= 0.3 is 5.97 Å². The van der Waals surface area contributed by atoms with Gasteiger partial charge in [0.05, 0.1) is 17.1 Å². The standard InChI is InChI=1S/C13H12N4O2S/c1-8(12-14-5-6-20-12)7-17-11-9(13(18)19)3-2-4-10(11)15-16-17/h2-6,8H,7H2,1H3,(H,18,19). The summed E-state index contributed by atoms with van der Waals surface area (Å²) in [4.78, 5) is 15.6. The van der Waals surface area contributed by atoms with E-state index in [2.05, 4.69) is 15.3 Å². The lowest BCUT2D eigenvalue weighted by Gasteiger charge is -2.09. The van der Waals surface area contributed by atoms with Gasteiger partial charge in [0.2, 0.25) is 0 Å². The van der Waals surface area contributed by atoms with Crippen LogP contribution in [0.2, 0.25) is 0 Å². The zero-order valence-corrected chi connectivity index (χ0v) is 11.5. The van der Waals surface area contributed by atoms with Gasteiger partial charge in [-0.2, -0.15) is 0 Å². The van der Waals surface area contributed by atoms with Gasteiger partial charge in [0.1, 0.15) is 11.0 Å². The lowest BCUT2D eigenvalue weighted by Crippen LogP contribution is -2.10. The summed E-state index contributed by atoms with van der Waals surface area (Å²) in [6, 6.07) is 5.01. The summed E-state index contributed by atoms with van der Waals surface area (Å²) in [5.74, 6) is -0.817. The second-order valence-corrected chi connectivity index (χ2v) is 5.45. The minimum atomic E-state index is -0.971. The highest BCUT2D eigenvalue weighted by atomic mass is 32.1. The van der Waals surface area contributed by atoms with Gasteiger partial charge in [0.25, 0.3) is 0 Å². The van der Waals surface area contributed by atoms with E-state index in [-0.39, 0.29) is 11.5 Å². The zero-order chi connectivity index (χ0) is 14.1. The predicted molar refractivity (Wildman–Crippen MR) is 75.0 cm³/mol. The van der Waals surface area contributed by atoms with Gasteiger partial charge in [-0.15, -0.1) is 16.4 Å². The fourth-order valence-corrected chi connectivity index (χ4v) is 2.84. The van der Waals surface area contributed by atoms with Crippen molar-refractivity contribution in [3.63, 3.8) is 0 Å². The molecular formula is C13H12N4O2S. The van der Waals surface area contributed by atoms with E-state index in [4.69, 9.17) is 0 Å². The topological polar surface area (TPSA) is 80.9 Å². The van der Waals surface area contributed by atoms with E-state index in [1.54, 1.807) is 40.4 Å². The van der Waals surface area contributed by atoms with Crippen LogP contribution in [0.3, 0.4) is 0 Å². The number of aromatic nitrogens is 4. The van der Waals surface area contributed by atoms with Crippen LogP contribution in [0.25, 0.3) is 11.0 Å². The number of fused-ring (bicyclic) bond motifs is 1. The van der Waals surface area contributed by atoms with Crippen molar-refractivity contribution in [2.45, 2.75) is 19.4 Å². The van der Waals surface area contributed by atoms with E-state index < -0.39 is 5.97 Å². The quantitative estimate of drug-likeness (QED) is 0.797. The maximum absolute atomic E-state index is 11.3. The molecule has 0 spiro atoms. The number of carboxylic acid groups (broad SMARTS) is 1. The molecule has 0 bridgehead atoms. The number of para-hydroxylation sites is 1. The Bertz CT molecular complexity index is 751. The van der Waals surface area contributed by atoms with Crippen molar-refractivity contribution >= 4 is 28.3 Å². The Kier molecular flexibility index (Phi) is 3.19. The molecule has 2 aromatic heterocycles. The highest BCUT2D eigenvalue weighted by Crippen LogP contribution is 2.23. The Morgan fingerprint density at radius 3 is 3.05 bits per heavy atom. The highest BCUT2D eigenvalue weighted by molar-refractivity contribution is 7.09. The summed E-state index contributed by atoms with van der Waals surface area (Å²) in [6.45, 7) is 2.59. The molecule has 1 atom stereocenters. The van der Waals surface area contributed by atoms with Crippen LogP contribution in [-0.2, 0) is 6.54 Å². The molecular weight excluding hydrogens is 276 g/mol. The fourth-order valence-electron chi connectivity index (χ4n) is 2.15. The lowest BCUT2D eigenvalue weighted by molar-refractivity contribution is 0.0698.